The van der Waals surface area contributed by atoms with Gasteiger partial charge in [-0.05, 0) is 29.7 Å². The lowest BCUT2D eigenvalue weighted by Gasteiger charge is -2.23. The Morgan fingerprint density at radius 1 is 1.05 bits per heavy atom. The second kappa shape index (κ2) is 6.07. The molecule has 0 N–H and O–H groups in total. The zero-order valence-electron chi connectivity index (χ0n) is 11.2. The number of anilines is 1. The summed E-state index contributed by atoms with van der Waals surface area (Å²) in [5, 5.41) is 0. The highest BCUT2D eigenvalue weighted by Crippen LogP contribution is 2.26. The Morgan fingerprint density at radius 3 is 2.42 bits per heavy atom. The van der Waals surface area contributed by atoms with E-state index in [2.05, 4.69) is 19.1 Å². The molecule has 0 aliphatic heterocycles. The molecule has 0 amide bonds. The number of halogens is 2. The third-order valence-electron chi connectivity index (χ3n) is 3.26. The molecule has 0 saturated heterocycles. The molecule has 0 bridgehead atoms. The molecule has 19 heavy (non-hydrogen) atoms. The summed E-state index contributed by atoms with van der Waals surface area (Å²) in [7, 11) is 1.89. The van der Waals surface area contributed by atoms with Crippen molar-refractivity contribution in [2.75, 3.05) is 11.9 Å². The molecule has 2 aromatic carbocycles. The van der Waals surface area contributed by atoms with E-state index < -0.39 is 0 Å². The summed E-state index contributed by atoms with van der Waals surface area (Å²) in [5.41, 5.74) is 3.80. The Labute approximate surface area is 118 Å². The molecular formula is C16H17ClFN. The molecule has 100 valence electrons. The lowest BCUT2D eigenvalue weighted by Crippen LogP contribution is -2.19. The molecule has 2 aromatic rings. The molecule has 2 rings (SSSR count). The molecule has 0 fully saturated rings. The highest BCUT2D eigenvalue weighted by atomic mass is 35.5. The fraction of sp³-hybridized carbons (Fsp3) is 0.250. The van der Waals surface area contributed by atoms with Crippen LogP contribution in [0.4, 0.5) is 10.1 Å². The van der Waals surface area contributed by atoms with Gasteiger partial charge in [0, 0.05) is 19.5 Å². The maximum absolute atomic E-state index is 14.0. The van der Waals surface area contributed by atoms with Gasteiger partial charge in [-0.15, -0.1) is 11.6 Å². The molecule has 0 aliphatic rings. The number of aryl methyl sites for hydroxylation is 1. The summed E-state index contributed by atoms with van der Waals surface area (Å²) in [4.78, 5) is 1.91. The molecule has 0 unspecified atom stereocenters. The van der Waals surface area contributed by atoms with E-state index in [9.17, 15) is 4.39 Å². The maximum Gasteiger partial charge on any atom is 0.146 e. The van der Waals surface area contributed by atoms with Crippen LogP contribution in [-0.4, -0.2) is 7.05 Å². The zero-order valence-corrected chi connectivity index (χ0v) is 11.9. The van der Waals surface area contributed by atoms with Crippen molar-refractivity contribution in [3.63, 3.8) is 0 Å². The van der Waals surface area contributed by atoms with E-state index in [-0.39, 0.29) is 5.82 Å². The number of hydrogen-bond acceptors (Lipinski definition) is 1. The number of benzene rings is 2. The minimum atomic E-state index is -0.228. The van der Waals surface area contributed by atoms with Gasteiger partial charge in [-0.25, -0.2) is 4.39 Å². The van der Waals surface area contributed by atoms with Crippen LogP contribution in [-0.2, 0) is 12.4 Å². The van der Waals surface area contributed by atoms with Gasteiger partial charge >= 0.3 is 0 Å². The van der Waals surface area contributed by atoms with Crippen molar-refractivity contribution >= 4 is 17.3 Å². The third kappa shape index (κ3) is 3.07. The number of alkyl halides is 1. The van der Waals surface area contributed by atoms with E-state index >= 15 is 0 Å². The van der Waals surface area contributed by atoms with E-state index in [1.165, 1.54) is 17.2 Å². The standard InChI is InChI=1S/C16H17ClFN/c1-12-6-3-4-7-14(12)11-19(2)16-13(10-17)8-5-9-15(16)18/h3-9H,10-11H2,1-2H3. The van der Waals surface area contributed by atoms with Crippen LogP contribution in [0.2, 0.25) is 0 Å². The van der Waals surface area contributed by atoms with Crippen molar-refractivity contribution in [2.24, 2.45) is 0 Å². The molecule has 3 heteroatoms. The molecule has 0 spiro atoms. The van der Waals surface area contributed by atoms with Gasteiger partial charge in [0.25, 0.3) is 0 Å². The van der Waals surface area contributed by atoms with E-state index in [1.807, 2.05) is 30.1 Å². The first-order valence-corrected chi connectivity index (χ1v) is 6.76. The molecule has 0 saturated carbocycles. The number of para-hydroxylation sites is 1. The Morgan fingerprint density at radius 2 is 1.74 bits per heavy atom. The predicted octanol–water partition coefficient (Wildman–Crippen LogP) is 4.51. The first-order chi connectivity index (χ1) is 9.13. The van der Waals surface area contributed by atoms with Crippen molar-refractivity contribution in [3.05, 3.63) is 65.0 Å². The summed E-state index contributed by atoms with van der Waals surface area (Å²) in [6.07, 6.45) is 0. The summed E-state index contributed by atoms with van der Waals surface area (Å²) in [5.74, 6) is 0.0832. The summed E-state index contributed by atoms with van der Waals surface area (Å²) < 4.78 is 14.0. The van der Waals surface area contributed by atoms with Crippen molar-refractivity contribution in [3.8, 4) is 0 Å². The molecule has 0 aliphatic carbocycles. The first-order valence-electron chi connectivity index (χ1n) is 6.22. The molecule has 1 nitrogen and oxygen atoms in total. The van der Waals surface area contributed by atoms with Crippen LogP contribution in [0.3, 0.4) is 0 Å². The fourth-order valence-electron chi connectivity index (χ4n) is 2.22. The van der Waals surface area contributed by atoms with Gasteiger partial charge in [0.2, 0.25) is 0 Å². The first kappa shape index (κ1) is 13.9. The quantitative estimate of drug-likeness (QED) is 0.743. The second-order valence-electron chi connectivity index (χ2n) is 4.66. The highest BCUT2D eigenvalue weighted by Gasteiger charge is 2.13. The summed E-state index contributed by atoms with van der Waals surface area (Å²) >= 11 is 5.89. The summed E-state index contributed by atoms with van der Waals surface area (Å²) in [6.45, 7) is 2.73. The van der Waals surface area contributed by atoms with Crippen molar-refractivity contribution in [2.45, 2.75) is 19.3 Å². The van der Waals surface area contributed by atoms with Crippen molar-refractivity contribution in [1.82, 2.24) is 0 Å². The van der Waals surface area contributed by atoms with E-state index in [1.54, 1.807) is 6.07 Å². The Balaban J connectivity index is 2.30. The minimum absolute atomic E-state index is 0.228. The SMILES string of the molecule is Cc1ccccc1CN(C)c1c(F)cccc1CCl. The smallest absolute Gasteiger partial charge is 0.146 e. The van der Waals surface area contributed by atoms with Crippen LogP contribution < -0.4 is 4.90 Å². The highest BCUT2D eigenvalue weighted by molar-refractivity contribution is 6.17. The van der Waals surface area contributed by atoms with Crippen LogP contribution in [0.15, 0.2) is 42.5 Å². The second-order valence-corrected chi connectivity index (χ2v) is 4.93. The fourth-order valence-corrected chi connectivity index (χ4v) is 2.43. The Hall–Kier alpha value is -1.54. The van der Waals surface area contributed by atoms with E-state index in [0.29, 0.717) is 18.1 Å². The normalized spacial score (nSPS) is 10.5. The third-order valence-corrected chi connectivity index (χ3v) is 3.55. The van der Waals surface area contributed by atoms with Gasteiger partial charge in [0.1, 0.15) is 5.82 Å². The molecule has 0 radical (unpaired) electrons. The van der Waals surface area contributed by atoms with Gasteiger partial charge < -0.3 is 4.90 Å². The topological polar surface area (TPSA) is 3.24 Å². The van der Waals surface area contributed by atoms with Crippen LogP contribution >= 0.6 is 11.6 Å². The Kier molecular flexibility index (Phi) is 4.43. The molecule has 0 heterocycles. The lowest BCUT2D eigenvalue weighted by atomic mass is 10.1. The van der Waals surface area contributed by atoms with E-state index in [4.69, 9.17) is 11.6 Å². The zero-order chi connectivity index (χ0) is 13.8. The lowest BCUT2D eigenvalue weighted by molar-refractivity contribution is 0.620. The van der Waals surface area contributed by atoms with Gasteiger partial charge in [0.15, 0.2) is 0 Å². The van der Waals surface area contributed by atoms with Crippen LogP contribution in [0.5, 0.6) is 0 Å². The molecule has 0 atom stereocenters. The van der Waals surface area contributed by atoms with Crippen LogP contribution in [0.1, 0.15) is 16.7 Å². The van der Waals surface area contributed by atoms with Gasteiger partial charge in [-0.1, -0.05) is 36.4 Å². The maximum atomic E-state index is 14.0. The minimum Gasteiger partial charge on any atom is -0.368 e. The number of nitrogens with zero attached hydrogens (tertiary/aromatic N) is 1. The van der Waals surface area contributed by atoms with Crippen LogP contribution in [0, 0.1) is 12.7 Å². The van der Waals surface area contributed by atoms with Gasteiger partial charge in [0.05, 0.1) is 5.69 Å². The Bertz CT molecular complexity index is 568. The summed E-state index contributed by atoms with van der Waals surface area (Å²) in [6, 6.07) is 13.2. The average Bonchev–Trinajstić information content (AvgIpc) is 2.40. The molecular weight excluding hydrogens is 261 g/mol. The van der Waals surface area contributed by atoms with Crippen molar-refractivity contribution < 1.29 is 4.39 Å². The average molecular weight is 278 g/mol. The van der Waals surface area contributed by atoms with Gasteiger partial charge in [-0.2, -0.15) is 0 Å². The number of rotatable bonds is 4. The predicted molar refractivity (Wildman–Crippen MR) is 79.2 cm³/mol. The monoisotopic (exact) mass is 277 g/mol. The largest absolute Gasteiger partial charge is 0.368 e. The van der Waals surface area contributed by atoms with E-state index in [0.717, 1.165) is 5.56 Å². The van der Waals surface area contributed by atoms with Crippen LogP contribution in [0.25, 0.3) is 0 Å². The number of hydrogen-bond donors (Lipinski definition) is 0. The molecule has 0 aromatic heterocycles. The van der Waals surface area contributed by atoms with Gasteiger partial charge in [-0.3, -0.25) is 0 Å². The van der Waals surface area contributed by atoms with Crippen molar-refractivity contribution in [1.29, 1.82) is 0 Å².